The molecule has 5 nitrogen and oxygen atoms in total. The van der Waals surface area contributed by atoms with E-state index in [2.05, 4.69) is 30.0 Å². The maximum atomic E-state index is 13.5. The van der Waals surface area contributed by atoms with Crippen LogP contribution < -0.4 is 4.90 Å². The van der Waals surface area contributed by atoms with E-state index >= 15 is 0 Å². The number of carbonyl (C=O) groups excluding carboxylic acids is 1. The first kappa shape index (κ1) is 20.0. The molecule has 1 amide bonds. The van der Waals surface area contributed by atoms with E-state index in [1.54, 1.807) is 11.3 Å². The van der Waals surface area contributed by atoms with Crippen LogP contribution in [-0.2, 0) is 4.74 Å². The van der Waals surface area contributed by atoms with Crippen LogP contribution in [0.4, 0.5) is 5.13 Å². The Labute approximate surface area is 175 Å². The van der Waals surface area contributed by atoms with Crippen LogP contribution in [0.5, 0.6) is 0 Å². The van der Waals surface area contributed by atoms with Crippen LogP contribution in [0.15, 0.2) is 36.4 Å². The van der Waals surface area contributed by atoms with Gasteiger partial charge in [0.2, 0.25) is 0 Å². The van der Waals surface area contributed by atoms with E-state index in [1.165, 1.54) is 5.56 Å². The topological polar surface area (TPSA) is 45.7 Å². The van der Waals surface area contributed by atoms with Crippen molar-refractivity contribution in [2.45, 2.75) is 20.8 Å². The molecule has 4 rings (SSSR count). The molecule has 6 heteroatoms. The highest BCUT2D eigenvalue weighted by Gasteiger charge is 2.24. The number of carbonyl (C=O) groups is 1. The van der Waals surface area contributed by atoms with Crippen LogP contribution >= 0.6 is 11.3 Å². The lowest BCUT2D eigenvalue weighted by Crippen LogP contribution is -2.43. The lowest BCUT2D eigenvalue weighted by atomic mass is 10.0. The molecule has 1 aromatic heterocycles. The minimum Gasteiger partial charge on any atom is -0.379 e. The highest BCUT2D eigenvalue weighted by Crippen LogP contribution is 2.31. The summed E-state index contributed by atoms with van der Waals surface area (Å²) >= 11 is 1.59. The average molecular weight is 410 g/mol. The summed E-state index contributed by atoms with van der Waals surface area (Å²) in [4.78, 5) is 22.5. The summed E-state index contributed by atoms with van der Waals surface area (Å²) in [6, 6.07) is 12.2. The third-order valence-electron chi connectivity index (χ3n) is 5.36. The summed E-state index contributed by atoms with van der Waals surface area (Å²) in [6.45, 7) is 10.9. The predicted molar refractivity (Wildman–Crippen MR) is 119 cm³/mol. The Balaban J connectivity index is 1.66. The van der Waals surface area contributed by atoms with E-state index in [9.17, 15) is 4.79 Å². The summed E-state index contributed by atoms with van der Waals surface area (Å²) in [7, 11) is 0. The maximum Gasteiger partial charge on any atom is 0.260 e. The molecular weight excluding hydrogens is 382 g/mol. The Kier molecular flexibility index (Phi) is 5.94. The van der Waals surface area contributed by atoms with Gasteiger partial charge in [-0.15, -0.1) is 0 Å². The minimum atomic E-state index is 0.0199. The molecule has 29 heavy (non-hydrogen) atoms. The molecule has 3 aromatic rings. The van der Waals surface area contributed by atoms with E-state index in [0.717, 1.165) is 64.9 Å². The van der Waals surface area contributed by atoms with Gasteiger partial charge in [0.1, 0.15) is 0 Å². The summed E-state index contributed by atoms with van der Waals surface area (Å²) in [5, 5.41) is 0.767. The molecular formula is C23H27N3O2S. The first-order valence-corrected chi connectivity index (χ1v) is 10.9. The molecule has 1 aliphatic rings. The molecule has 0 saturated carbocycles. The molecule has 1 aliphatic heterocycles. The number of aromatic nitrogens is 1. The molecule has 0 atom stereocenters. The van der Waals surface area contributed by atoms with Crippen molar-refractivity contribution in [3.05, 3.63) is 58.7 Å². The zero-order valence-electron chi connectivity index (χ0n) is 17.3. The number of fused-ring (bicyclic) bond motifs is 1. The summed E-state index contributed by atoms with van der Waals surface area (Å²) in [5.74, 6) is 0.0199. The Bertz CT molecular complexity index is 1020. The number of hydrogen-bond donors (Lipinski definition) is 0. The molecule has 0 unspecified atom stereocenters. The number of ether oxygens (including phenoxy) is 1. The highest BCUT2D eigenvalue weighted by molar-refractivity contribution is 7.22. The van der Waals surface area contributed by atoms with Gasteiger partial charge in [-0.1, -0.05) is 35.1 Å². The quantitative estimate of drug-likeness (QED) is 0.634. The van der Waals surface area contributed by atoms with Crippen LogP contribution in [-0.4, -0.2) is 55.2 Å². The molecule has 152 valence electrons. The van der Waals surface area contributed by atoms with E-state index in [1.807, 2.05) is 36.9 Å². The monoisotopic (exact) mass is 409 g/mol. The third-order valence-corrected chi connectivity index (χ3v) is 6.41. The Morgan fingerprint density at radius 2 is 1.83 bits per heavy atom. The lowest BCUT2D eigenvalue weighted by molar-refractivity contribution is 0.0391. The van der Waals surface area contributed by atoms with Crippen LogP contribution in [0.2, 0.25) is 0 Å². The number of thiazole rings is 1. The summed E-state index contributed by atoms with van der Waals surface area (Å²) in [5.41, 5.74) is 5.05. The second-order valence-electron chi connectivity index (χ2n) is 7.70. The second kappa shape index (κ2) is 8.61. The number of hydrogen-bond acceptors (Lipinski definition) is 5. The van der Waals surface area contributed by atoms with Crippen molar-refractivity contribution < 1.29 is 9.53 Å². The van der Waals surface area contributed by atoms with Crippen molar-refractivity contribution in [1.29, 1.82) is 0 Å². The molecule has 0 radical (unpaired) electrons. The van der Waals surface area contributed by atoms with Gasteiger partial charge in [0, 0.05) is 31.7 Å². The average Bonchev–Trinajstić information content (AvgIpc) is 3.11. The van der Waals surface area contributed by atoms with Gasteiger partial charge < -0.3 is 4.74 Å². The number of anilines is 1. The fraction of sp³-hybridized carbons (Fsp3) is 0.391. The van der Waals surface area contributed by atoms with Gasteiger partial charge in [-0.25, -0.2) is 4.98 Å². The van der Waals surface area contributed by atoms with Gasteiger partial charge >= 0.3 is 0 Å². The van der Waals surface area contributed by atoms with Crippen LogP contribution in [0, 0.1) is 20.8 Å². The smallest absolute Gasteiger partial charge is 0.260 e. The number of benzene rings is 2. The van der Waals surface area contributed by atoms with E-state index in [0.29, 0.717) is 6.54 Å². The molecule has 0 aliphatic carbocycles. The molecule has 1 saturated heterocycles. The van der Waals surface area contributed by atoms with Gasteiger partial charge in [0.05, 0.1) is 23.4 Å². The zero-order valence-corrected chi connectivity index (χ0v) is 18.1. The molecule has 2 heterocycles. The summed E-state index contributed by atoms with van der Waals surface area (Å²) < 4.78 is 6.57. The standard InChI is InChI=1S/C23H27N3O2S/c1-16-4-6-19(18(3)14-16)22(27)26(9-8-25-10-12-28-13-11-25)23-24-20-7-5-17(2)15-21(20)29-23/h4-7,14-15H,8-13H2,1-3H3. The third kappa shape index (κ3) is 4.50. The number of amides is 1. The number of nitrogens with zero attached hydrogens (tertiary/aromatic N) is 3. The van der Waals surface area contributed by atoms with Crippen molar-refractivity contribution >= 4 is 32.6 Å². The van der Waals surface area contributed by atoms with Crippen molar-refractivity contribution in [3.63, 3.8) is 0 Å². The SMILES string of the molecule is Cc1ccc(C(=O)N(CCN2CCOCC2)c2nc3ccc(C)cc3s2)c(C)c1. The van der Waals surface area contributed by atoms with Gasteiger partial charge in [0.25, 0.3) is 5.91 Å². The van der Waals surface area contributed by atoms with Crippen molar-refractivity contribution in [2.24, 2.45) is 0 Å². The molecule has 0 spiro atoms. The fourth-order valence-corrected chi connectivity index (χ4v) is 4.77. The van der Waals surface area contributed by atoms with Gasteiger partial charge in [-0.3, -0.25) is 14.6 Å². The molecule has 1 fully saturated rings. The summed E-state index contributed by atoms with van der Waals surface area (Å²) in [6.07, 6.45) is 0. The number of morpholine rings is 1. The Morgan fingerprint density at radius 3 is 2.59 bits per heavy atom. The number of aryl methyl sites for hydroxylation is 3. The van der Waals surface area contributed by atoms with Crippen molar-refractivity contribution in [2.75, 3.05) is 44.3 Å². The molecule has 0 bridgehead atoms. The normalized spacial score (nSPS) is 15.0. The van der Waals surface area contributed by atoms with Crippen LogP contribution in [0.1, 0.15) is 27.0 Å². The van der Waals surface area contributed by atoms with E-state index in [-0.39, 0.29) is 5.91 Å². The zero-order chi connectivity index (χ0) is 20.4. The number of rotatable bonds is 5. The minimum absolute atomic E-state index is 0.0199. The maximum absolute atomic E-state index is 13.5. The molecule has 0 N–H and O–H groups in total. The highest BCUT2D eigenvalue weighted by atomic mass is 32.1. The second-order valence-corrected chi connectivity index (χ2v) is 8.71. The Hall–Kier alpha value is -2.28. The first-order valence-electron chi connectivity index (χ1n) is 10.1. The van der Waals surface area contributed by atoms with Gasteiger partial charge in [-0.05, 0) is 50.1 Å². The first-order chi connectivity index (χ1) is 14.0. The largest absolute Gasteiger partial charge is 0.379 e. The van der Waals surface area contributed by atoms with E-state index in [4.69, 9.17) is 9.72 Å². The molecule has 2 aromatic carbocycles. The fourth-order valence-electron chi connectivity index (χ4n) is 3.68. The van der Waals surface area contributed by atoms with Crippen LogP contribution in [0.25, 0.3) is 10.2 Å². The van der Waals surface area contributed by atoms with Gasteiger partial charge in [-0.2, -0.15) is 0 Å². The van der Waals surface area contributed by atoms with Crippen molar-refractivity contribution in [3.8, 4) is 0 Å². The van der Waals surface area contributed by atoms with Gasteiger partial charge in [0.15, 0.2) is 5.13 Å². The predicted octanol–water partition coefficient (Wildman–Crippen LogP) is 4.20. The van der Waals surface area contributed by atoms with Crippen LogP contribution in [0.3, 0.4) is 0 Å². The van der Waals surface area contributed by atoms with Crippen molar-refractivity contribution in [1.82, 2.24) is 9.88 Å². The van der Waals surface area contributed by atoms with E-state index < -0.39 is 0 Å². The lowest BCUT2D eigenvalue weighted by Gasteiger charge is -2.29. The Morgan fingerprint density at radius 1 is 1.10 bits per heavy atom.